The number of aryl methyl sites for hydroxylation is 1. The van der Waals surface area contributed by atoms with E-state index in [-0.39, 0.29) is 12.1 Å². The van der Waals surface area contributed by atoms with Crippen LogP contribution in [0.5, 0.6) is 5.75 Å². The lowest BCUT2D eigenvalue weighted by molar-refractivity contribution is -0.903. The van der Waals surface area contributed by atoms with Crippen LogP contribution in [-0.2, 0) is 22.5 Å². The summed E-state index contributed by atoms with van der Waals surface area (Å²) in [5.41, 5.74) is 2.65. The number of hydrogen-bond donors (Lipinski definition) is 0. The predicted molar refractivity (Wildman–Crippen MR) is 159 cm³/mol. The van der Waals surface area contributed by atoms with E-state index in [1.165, 1.54) is 75.3 Å². The molecule has 0 spiro atoms. The van der Waals surface area contributed by atoms with E-state index in [0.29, 0.717) is 13.0 Å². The second-order valence-electron chi connectivity index (χ2n) is 11.5. The summed E-state index contributed by atoms with van der Waals surface area (Å²) in [4.78, 5) is 12.4. The van der Waals surface area contributed by atoms with Crippen molar-refractivity contribution in [3.8, 4) is 5.75 Å². The Hall–Kier alpha value is -2.33. The molecule has 212 valence electrons. The number of unbranched alkanes of at least 4 members (excludes halogenated alkanes) is 9. The van der Waals surface area contributed by atoms with Crippen LogP contribution in [0.15, 0.2) is 54.6 Å². The van der Waals surface area contributed by atoms with Gasteiger partial charge < -0.3 is 14.0 Å². The van der Waals surface area contributed by atoms with Crippen molar-refractivity contribution in [3.05, 3.63) is 65.7 Å². The van der Waals surface area contributed by atoms with Gasteiger partial charge in [-0.15, -0.1) is 0 Å². The Labute approximate surface area is 233 Å². The summed E-state index contributed by atoms with van der Waals surface area (Å²) in [6.45, 7) is 6.27. The maximum Gasteiger partial charge on any atom is 0.311 e. The molecular weight excluding hydrogens is 470 g/mol. The lowest BCUT2D eigenvalue weighted by Crippen LogP contribution is -2.40. The van der Waals surface area contributed by atoms with Crippen LogP contribution in [0.1, 0.15) is 102 Å². The van der Waals surface area contributed by atoms with Crippen LogP contribution >= 0.6 is 0 Å². The summed E-state index contributed by atoms with van der Waals surface area (Å²) in [5, 5.41) is 0. The molecule has 0 amide bonds. The first-order chi connectivity index (χ1) is 18.4. The molecule has 0 aliphatic heterocycles. The Bertz CT molecular complexity index is 863. The fourth-order valence-corrected chi connectivity index (χ4v) is 4.79. The molecular formula is C34H54NO3+. The van der Waals surface area contributed by atoms with Crippen molar-refractivity contribution in [2.45, 2.75) is 110 Å². The van der Waals surface area contributed by atoms with Gasteiger partial charge in [0.2, 0.25) is 0 Å². The van der Waals surface area contributed by atoms with Gasteiger partial charge in [-0.1, -0.05) is 114 Å². The van der Waals surface area contributed by atoms with Crippen molar-refractivity contribution in [1.82, 2.24) is 0 Å². The Morgan fingerprint density at radius 1 is 0.763 bits per heavy atom. The topological polar surface area (TPSA) is 35.5 Å². The van der Waals surface area contributed by atoms with Crippen molar-refractivity contribution in [2.75, 3.05) is 27.2 Å². The Morgan fingerprint density at radius 2 is 1.37 bits per heavy atom. The zero-order valence-electron chi connectivity index (χ0n) is 24.8. The van der Waals surface area contributed by atoms with Crippen molar-refractivity contribution in [1.29, 1.82) is 0 Å². The molecule has 0 aliphatic carbocycles. The number of nitrogens with zero attached hydrogens (tertiary/aromatic N) is 1. The van der Waals surface area contributed by atoms with Crippen LogP contribution in [0.25, 0.3) is 0 Å². The molecule has 4 nitrogen and oxygen atoms in total. The maximum atomic E-state index is 12.4. The fourth-order valence-electron chi connectivity index (χ4n) is 4.79. The molecule has 38 heavy (non-hydrogen) atoms. The van der Waals surface area contributed by atoms with E-state index in [0.717, 1.165) is 36.2 Å². The average molecular weight is 525 g/mol. The first-order valence-corrected chi connectivity index (χ1v) is 15.2. The molecule has 4 heteroatoms. The van der Waals surface area contributed by atoms with E-state index in [9.17, 15) is 4.79 Å². The number of rotatable bonds is 21. The molecule has 0 heterocycles. The number of carbonyl (C=O) groups excluding carboxylic acids is 1. The molecule has 0 aromatic heterocycles. The monoisotopic (exact) mass is 524 g/mol. The molecule has 1 unspecified atom stereocenters. The summed E-state index contributed by atoms with van der Waals surface area (Å²) < 4.78 is 12.4. The molecule has 2 rings (SSSR count). The fraction of sp³-hybridized carbons (Fsp3) is 0.618. The molecule has 0 aliphatic rings. The molecule has 2 aromatic carbocycles. The van der Waals surface area contributed by atoms with Gasteiger partial charge in [-0.05, 0) is 37.0 Å². The highest BCUT2D eigenvalue weighted by Crippen LogP contribution is 2.18. The van der Waals surface area contributed by atoms with Gasteiger partial charge in [0, 0.05) is 5.56 Å². The van der Waals surface area contributed by atoms with Crippen LogP contribution in [0.4, 0.5) is 0 Å². The molecule has 0 fully saturated rings. The minimum absolute atomic E-state index is 0.126. The third-order valence-electron chi connectivity index (χ3n) is 7.31. The van der Waals surface area contributed by atoms with E-state index in [4.69, 9.17) is 9.47 Å². The van der Waals surface area contributed by atoms with Crippen molar-refractivity contribution in [3.63, 3.8) is 0 Å². The van der Waals surface area contributed by atoms with Crippen molar-refractivity contribution >= 4 is 5.97 Å². The summed E-state index contributed by atoms with van der Waals surface area (Å²) in [6, 6.07) is 18.9. The quantitative estimate of drug-likeness (QED) is 0.0932. The molecule has 0 bridgehead atoms. The molecule has 0 saturated heterocycles. The Balaban J connectivity index is 1.60. The van der Waals surface area contributed by atoms with Gasteiger partial charge in [0.25, 0.3) is 0 Å². The molecule has 1 atom stereocenters. The van der Waals surface area contributed by atoms with Gasteiger partial charge in [0.05, 0.1) is 27.1 Å². The van der Waals surface area contributed by atoms with E-state index in [2.05, 4.69) is 76.5 Å². The van der Waals surface area contributed by atoms with Gasteiger partial charge in [-0.25, -0.2) is 0 Å². The van der Waals surface area contributed by atoms with Crippen LogP contribution in [0.2, 0.25) is 0 Å². The first kappa shape index (κ1) is 31.9. The van der Waals surface area contributed by atoms with Gasteiger partial charge >= 0.3 is 5.97 Å². The van der Waals surface area contributed by atoms with E-state index in [1.807, 2.05) is 6.07 Å². The van der Waals surface area contributed by atoms with E-state index in [1.54, 1.807) is 0 Å². The van der Waals surface area contributed by atoms with Gasteiger partial charge in [0.15, 0.2) is 0 Å². The summed E-state index contributed by atoms with van der Waals surface area (Å²) in [5.74, 6) is 0.693. The minimum atomic E-state index is -0.154. The second kappa shape index (κ2) is 18.8. The van der Waals surface area contributed by atoms with Crippen LogP contribution in [-0.4, -0.2) is 43.8 Å². The summed E-state index contributed by atoms with van der Waals surface area (Å²) in [7, 11) is 4.30. The number of quaternary nitrogens is 1. The number of esters is 1. The molecule has 0 N–H and O–H groups in total. The second-order valence-corrected chi connectivity index (χ2v) is 11.5. The average Bonchev–Trinajstić information content (AvgIpc) is 2.92. The number of carbonyl (C=O) groups is 1. The highest BCUT2D eigenvalue weighted by atomic mass is 16.6. The summed E-state index contributed by atoms with van der Waals surface area (Å²) in [6.07, 6.45) is 15.9. The smallest absolute Gasteiger partial charge is 0.311 e. The van der Waals surface area contributed by atoms with Crippen LogP contribution in [0, 0.1) is 0 Å². The molecule has 0 radical (unpaired) electrons. The normalized spacial score (nSPS) is 12.3. The van der Waals surface area contributed by atoms with E-state index < -0.39 is 0 Å². The van der Waals surface area contributed by atoms with Gasteiger partial charge in [0.1, 0.15) is 25.0 Å². The lowest BCUT2D eigenvalue weighted by atomic mass is 10.0. The third kappa shape index (κ3) is 14.6. The molecule has 0 saturated carbocycles. The van der Waals surface area contributed by atoms with Crippen molar-refractivity contribution < 1.29 is 18.8 Å². The largest absolute Gasteiger partial charge is 0.487 e. The van der Waals surface area contributed by atoms with Crippen molar-refractivity contribution in [2.24, 2.45) is 0 Å². The zero-order chi connectivity index (χ0) is 27.5. The van der Waals surface area contributed by atoms with Crippen LogP contribution < -0.4 is 4.74 Å². The van der Waals surface area contributed by atoms with Crippen LogP contribution in [0.3, 0.4) is 0 Å². The first-order valence-electron chi connectivity index (χ1n) is 15.2. The SMILES string of the molecule is CCCCCCCCCCCCc1ccc(OC(CC)COC(=O)CC[N+](C)(C)Cc2ccccc2)cc1. The highest BCUT2D eigenvalue weighted by molar-refractivity contribution is 5.69. The zero-order valence-corrected chi connectivity index (χ0v) is 24.8. The summed E-state index contributed by atoms with van der Waals surface area (Å²) >= 11 is 0. The van der Waals surface area contributed by atoms with Gasteiger partial charge in [-0.2, -0.15) is 0 Å². The Kier molecular flexibility index (Phi) is 15.8. The Morgan fingerprint density at radius 3 is 1.97 bits per heavy atom. The minimum Gasteiger partial charge on any atom is -0.487 e. The number of ether oxygens (including phenoxy) is 2. The highest BCUT2D eigenvalue weighted by Gasteiger charge is 2.19. The molecule has 2 aromatic rings. The van der Waals surface area contributed by atoms with E-state index >= 15 is 0 Å². The van der Waals surface area contributed by atoms with Gasteiger partial charge in [-0.3, -0.25) is 4.79 Å². The predicted octanol–water partition coefficient (Wildman–Crippen LogP) is 8.52. The number of benzene rings is 2. The number of hydrogen-bond acceptors (Lipinski definition) is 3. The lowest BCUT2D eigenvalue weighted by Gasteiger charge is -2.29. The third-order valence-corrected chi connectivity index (χ3v) is 7.31. The standard InChI is InChI=1S/C34H54NO3/c1-5-7-8-9-10-11-12-13-14-16-19-30-22-24-33(25-23-30)38-32(6-2)29-37-34(36)26-27-35(3,4)28-31-20-17-15-18-21-31/h15,17-18,20-25,32H,5-14,16,19,26-29H2,1-4H3/q+1. The maximum absolute atomic E-state index is 12.4.